The quantitative estimate of drug-likeness (QED) is 0.110. The van der Waals surface area contributed by atoms with E-state index in [0.717, 1.165) is 33.3 Å². The number of aromatic nitrogens is 2. The summed E-state index contributed by atoms with van der Waals surface area (Å²) >= 11 is 3.86. The molecule has 208 valence electrons. The van der Waals surface area contributed by atoms with Crippen molar-refractivity contribution in [2.75, 3.05) is 18.2 Å². The molecule has 0 radical (unpaired) electrons. The first-order valence-electron chi connectivity index (χ1n) is 12.9. The molecule has 1 N–H and O–H groups in total. The number of anilines is 1. The van der Waals surface area contributed by atoms with Gasteiger partial charge in [0.25, 0.3) is 5.56 Å². The van der Waals surface area contributed by atoms with Gasteiger partial charge in [0.1, 0.15) is 9.83 Å². The molecule has 1 amide bonds. The Morgan fingerprint density at radius 2 is 1.57 bits per heavy atom. The van der Waals surface area contributed by atoms with Gasteiger partial charge >= 0.3 is 5.97 Å². The molecule has 6 rings (SSSR count). The number of carbonyl (C=O) groups excluding carboxylic acids is 2. The molecule has 0 aliphatic rings. The molecular weight excluding hydrogens is 587 g/mol. The normalized spacial score (nSPS) is 11.0. The third-order valence-corrected chi connectivity index (χ3v) is 9.37. The second kappa shape index (κ2) is 12.2. The minimum Gasteiger partial charge on any atom is -0.465 e. The first-order chi connectivity index (χ1) is 20.5. The zero-order chi connectivity index (χ0) is 29.1. The lowest BCUT2D eigenvalue weighted by Gasteiger charge is -2.12. The van der Waals surface area contributed by atoms with E-state index in [1.54, 1.807) is 10.6 Å². The number of rotatable bonds is 8. The van der Waals surface area contributed by atoms with Gasteiger partial charge in [0.2, 0.25) is 5.91 Å². The Morgan fingerprint density at radius 3 is 2.24 bits per heavy atom. The molecule has 3 heterocycles. The van der Waals surface area contributed by atoms with Crippen molar-refractivity contribution < 1.29 is 14.3 Å². The highest BCUT2D eigenvalue weighted by molar-refractivity contribution is 7.99. The second-order valence-corrected chi connectivity index (χ2v) is 12.0. The molecule has 6 aromatic rings. The topological polar surface area (TPSA) is 90.3 Å². The van der Waals surface area contributed by atoms with Crippen molar-refractivity contribution in [1.82, 2.24) is 9.55 Å². The molecule has 3 aromatic carbocycles. The lowest BCUT2D eigenvalue weighted by molar-refractivity contribution is -0.113. The van der Waals surface area contributed by atoms with E-state index in [1.165, 1.54) is 29.8 Å². The maximum atomic E-state index is 14.0. The van der Waals surface area contributed by atoms with Crippen LogP contribution < -0.4 is 10.9 Å². The first kappa shape index (κ1) is 27.6. The Morgan fingerprint density at radius 1 is 0.929 bits per heavy atom. The minimum absolute atomic E-state index is 0.0269. The molecule has 0 unspecified atom stereocenters. The highest BCUT2D eigenvalue weighted by Gasteiger charge is 2.22. The number of nitrogens with one attached hydrogen (secondary N) is 1. The van der Waals surface area contributed by atoms with Crippen LogP contribution in [0.4, 0.5) is 5.00 Å². The van der Waals surface area contributed by atoms with Gasteiger partial charge in [-0.2, -0.15) is 0 Å². The predicted octanol–water partition coefficient (Wildman–Crippen LogP) is 7.36. The highest BCUT2D eigenvalue weighted by Crippen LogP contribution is 2.36. The van der Waals surface area contributed by atoms with Gasteiger partial charge in [-0.3, -0.25) is 14.2 Å². The van der Waals surface area contributed by atoms with E-state index >= 15 is 0 Å². The number of para-hydroxylation sites is 1. The Balaban J connectivity index is 1.32. The maximum Gasteiger partial charge on any atom is 0.340 e. The van der Waals surface area contributed by atoms with Crippen molar-refractivity contribution >= 4 is 61.5 Å². The predicted molar refractivity (Wildman–Crippen MR) is 171 cm³/mol. The third kappa shape index (κ3) is 5.52. The molecule has 42 heavy (non-hydrogen) atoms. The van der Waals surface area contributed by atoms with Crippen LogP contribution in [0.5, 0.6) is 0 Å². The maximum absolute atomic E-state index is 14.0. The summed E-state index contributed by atoms with van der Waals surface area (Å²) in [5.41, 5.74) is 3.44. The van der Waals surface area contributed by atoms with E-state index in [0.29, 0.717) is 26.1 Å². The van der Waals surface area contributed by atoms with Gasteiger partial charge in [0.15, 0.2) is 5.16 Å². The van der Waals surface area contributed by atoms with Crippen molar-refractivity contribution in [3.8, 4) is 27.3 Å². The smallest absolute Gasteiger partial charge is 0.340 e. The molecule has 0 atom stereocenters. The number of fused-ring (bicyclic) bond motifs is 1. The van der Waals surface area contributed by atoms with Crippen LogP contribution in [-0.4, -0.2) is 34.3 Å². The molecule has 0 aliphatic heterocycles. The zero-order valence-corrected chi connectivity index (χ0v) is 24.7. The number of benzene rings is 3. The molecule has 3 aromatic heterocycles. The van der Waals surface area contributed by atoms with Crippen LogP contribution in [0.2, 0.25) is 0 Å². The lowest BCUT2D eigenvalue weighted by atomic mass is 10.1. The van der Waals surface area contributed by atoms with E-state index in [4.69, 9.17) is 9.72 Å². The van der Waals surface area contributed by atoms with E-state index in [2.05, 4.69) is 5.32 Å². The van der Waals surface area contributed by atoms with Crippen LogP contribution in [0.3, 0.4) is 0 Å². The van der Waals surface area contributed by atoms with Gasteiger partial charge in [-0.05, 0) is 29.3 Å². The number of hydrogen-bond donors (Lipinski definition) is 1. The van der Waals surface area contributed by atoms with Crippen LogP contribution in [0.25, 0.3) is 37.5 Å². The van der Waals surface area contributed by atoms with Crippen molar-refractivity contribution in [2.45, 2.75) is 5.16 Å². The summed E-state index contributed by atoms with van der Waals surface area (Å²) in [5.74, 6) is -0.897. The summed E-state index contributed by atoms with van der Waals surface area (Å²) in [6.45, 7) is 0. The molecule has 10 heteroatoms. The summed E-state index contributed by atoms with van der Waals surface area (Å²) < 4.78 is 6.51. The van der Waals surface area contributed by atoms with Gasteiger partial charge < -0.3 is 10.1 Å². The van der Waals surface area contributed by atoms with E-state index in [1.807, 2.05) is 96.4 Å². The van der Waals surface area contributed by atoms with E-state index < -0.39 is 5.97 Å². The van der Waals surface area contributed by atoms with Crippen molar-refractivity contribution in [1.29, 1.82) is 0 Å². The molecule has 7 nitrogen and oxygen atoms in total. The van der Waals surface area contributed by atoms with E-state index in [9.17, 15) is 14.4 Å². The first-order valence-corrected chi connectivity index (χ1v) is 15.6. The summed E-state index contributed by atoms with van der Waals surface area (Å²) in [6, 6.07) is 30.4. The van der Waals surface area contributed by atoms with E-state index in [-0.39, 0.29) is 22.8 Å². The van der Waals surface area contributed by atoms with Crippen LogP contribution >= 0.6 is 34.4 Å². The standard InChI is InChI=1S/C32H23N3O4S3/c1-39-31(38)23-17-25(21-13-7-3-8-14-21)42-28(23)33-26(36)19-41-32-34-29-27(24(18-40-29)20-11-5-2-6-12-20)30(37)35(32)22-15-9-4-10-16-22/h2-18H,19H2,1H3,(H,33,36). The van der Waals surface area contributed by atoms with Gasteiger partial charge in [0, 0.05) is 15.8 Å². The van der Waals surface area contributed by atoms with Gasteiger partial charge in [-0.25, -0.2) is 9.78 Å². The van der Waals surface area contributed by atoms with Crippen molar-refractivity contribution in [3.63, 3.8) is 0 Å². The molecule has 0 bridgehead atoms. The van der Waals surface area contributed by atoms with Gasteiger partial charge in [-0.1, -0.05) is 90.6 Å². The van der Waals surface area contributed by atoms with Crippen LogP contribution in [-0.2, 0) is 9.53 Å². The van der Waals surface area contributed by atoms with Crippen molar-refractivity contribution in [2.24, 2.45) is 0 Å². The summed E-state index contributed by atoms with van der Waals surface area (Å²) in [5, 5.41) is 6.16. The molecule has 0 saturated heterocycles. The monoisotopic (exact) mass is 609 g/mol. The Hall–Kier alpha value is -4.51. The zero-order valence-electron chi connectivity index (χ0n) is 22.3. The lowest BCUT2D eigenvalue weighted by Crippen LogP contribution is -2.22. The van der Waals surface area contributed by atoms with Crippen LogP contribution in [0.15, 0.2) is 112 Å². The number of hydrogen-bond acceptors (Lipinski definition) is 8. The Labute approximate surface area is 253 Å². The number of esters is 1. The summed E-state index contributed by atoms with van der Waals surface area (Å²) in [6.07, 6.45) is 0. The second-order valence-electron chi connectivity index (χ2n) is 9.11. The molecular formula is C32H23N3O4S3. The molecule has 0 saturated carbocycles. The fourth-order valence-electron chi connectivity index (χ4n) is 4.49. The largest absolute Gasteiger partial charge is 0.465 e. The highest BCUT2D eigenvalue weighted by atomic mass is 32.2. The molecule has 0 spiro atoms. The summed E-state index contributed by atoms with van der Waals surface area (Å²) in [4.78, 5) is 45.9. The average molecular weight is 610 g/mol. The number of carbonyl (C=O) groups is 2. The van der Waals surface area contributed by atoms with Crippen LogP contribution in [0.1, 0.15) is 10.4 Å². The molecule has 0 fully saturated rings. The van der Waals surface area contributed by atoms with Crippen LogP contribution in [0, 0.1) is 0 Å². The van der Waals surface area contributed by atoms with Gasteiger partial charge in [-0.15, -0.1) is 22.7 Å². The summed E-state index contributed by atoms with van der Waals surface area (Å²) in [7, 11) is 1.31. The number of thiophene rings is 2. The fourth-order valence-corrected chi connectivity index (χ4v) is 7.36. The third-order valence-electron chi connectivity index (χ3n) is 6.46. The van der Waals surface area contributed by atoms with Crippen molar-refractivity contribution in [3.05, 3.63) is 118 Å². The number of amides is 1. The number of ether oxygens (including phenoxy) is 1. The number of thioether (sulfide) groups is 1. The SMILES string of the molecule is COC(=O)c1cc(-c2ccccc2)sc1NC(=O)CSc1nc2scc(-c3ccccc3)c2c(=O)n1-c1ccccc1. The fraction of sp³-hybridized carbons (Fsp3) is 0.0625. The average Bonchev–Trinajstić information content (AvgIpc) is 3.66. The van der Waals surface area contributed by atoms with Gasteiger partial charge in [0.05, 0.1) is 29.5 Å². The molecule has 0 aliphatic carbocycles. The Kier molecular flexibility index (Phi) is 8.00. The number of methoxy groups -OCH3 is 1. The number of nitrogens with zero attached hydrogens (tertiary/aromatic N) is 2. The minimum atomic E-state index is -0.534. The Bertz CT molecular complexity index is 1950.